The second-order valence-corrected chi connectivity index (χ2v) is 23.0. The Labute approximate surface area is 501 Å². The standard InChI is InChI=1S/C84H56N2/c1-5-28-60(29-6-1)83(61-30-7-2-8-31-61)77-44-21-18-41-71(77)75-55-65(49-52-78(75)83)86-81-45-22-19-42-73(81)74-50-47-59(54-82(74)86)68-38-16-15-37-67(68)58-27-23-36-64(53-58)85(80-46-24-26-57-25-13-14-39-69(57)80)66-48-51-72-70-40-17-20-43-76(70)84(79(72)56-66,62-32-9-3-10-33-62)63-34-11-4-12-35-63/h1-56H. The van der Waals surface area contributed by atoms with Crippen molar-refractivity contribution in [1.29, 1.82) is 0 Å². The molecular weight excluding hydrogens is 1040 g/mol. The van der Waals surface area contributed by atoms with E-state index in [0.29, 0.717) is 0 Å². The summed E-state index contributed by atoms with van der Waals surface area (Å²) in [5, 5.41) is 4.83. The van der Waals surface area contributed by atoms with Crippen LogP contribution < -0.4 is 4.90 Å². The highest BCUT2D eigenvalue weighted by molar-refractivity contribution is 6.11. The molecule has 14 aromatic carbocycles. The smallest absolute Gasteiger partial charge is 0.0714 e. The molecule has 2 nitrogen and oxygen atoms in total. The average Bonchev–Trinajstić information content (AvgIpc) is 1.67. The van der Waals surface area contributed by atoms with Gasteiger partial charge in [-0.05, 0) is 149 Å². The maximum absolute atomic E-state index is 2.49. The van der Waals surface area contributed by atoms with Crippen LogP contribution in [0.1, 0.15) is 44.5 Å². The molecule has 0 fully saturated rings. The van der Waals surface area contributed by atoms with E-state index < -0.39 is 10.8 Å². The Morgan fingerprint density at radius 1 is 0.244 bits per heavy atom. The maximum atomic E-state index is 2.49. The highest BCUT2D eigenvalue weighted by Crippen LogP contribution is 2.59. The summed E-state index contributed by atoms with van der Waals surface area (Å²) in [6.07, 6.45) is 0. The summed E-state index contributed by atoms with van der Waals surface area (Å²) in [5.41, 5.74) is 25.6. The fourth-order valence-electron chi connectivity index (χ4n) is 15.2. The third-order valence-electron chi connectivity index (χ3n) is 18.7. The van der Waals surface area contributed by atoms with Crippen LogP contribution in [-0.4, -0.2) is 4.57 Å². The summed E-state index contributed by atoms with van der Waals surface area (Å²) in [6.45, 7) is 0. The van der Waals surface area contributed by atoms with Crippen molar-refractivity contribution in [2.24, 2.45) is 0 Å². The first-order valence-electron chi connectivity index (χ1n) is 29.9. The van der Waals surface area contributed by atoms with Crippen LogP contribution in [0, 0.1) is 0 Å². The van der Waals surface area contributed by atoms with Crippen LogP contribution in [0.25, 0.3) is 82.8 Å². The minimum Gasteiger partial charge on any atom is -0.310 e. The van der Waals surface area contributed by atoms with Crippen molar-refractivity contribution < 1.29 is 0 Å². The number of hydrogen-bond donors (Lipinski definition) is 0. The van der Waals surface area contributed by atoms with Gasteiger partial charge in [-0.3, -0.25) is 0 Å². The molecule has 0 unspecified atom stereocenters. The number of hydrogen-bond acceptors (Lipinski definition) is 1. The lowest BCUT2D eigenvalue weighted by Gasteiger charge is -2.35. The van der Waals surface area contributed by atoms with Gasteiger partial charge >= 0.3 is 0 Å². The maximum Gasteiger partial charge on any atom is 0.0714 e. The van der Waals surface area contributed by atoms with Crippen molar-refractivity contribution in [2.75, 3.05) is 4.90 Å². The summed E-state index contributed by atoms with van der Waals surface area (Å²) in [6, 6.07) is 126. The third-order valence-corrected chi connectivity index (χ3v) is 18.7. The third kappa shape index (κ3) is 7.33. The fraction of sp³-hybridized carbons (Fsp3) is 0.0238. The van der Waals surface area contributed by atoms with Crippen molar-refractivity contribution in [1.82, 2.24) is 4.57 Å². The Morgan fingerprint density at radius 2 is 0.709 bits per heavy atom. The summed E-state index contributed by atoms with van der Waals surface area (Å²) < 4.78 is 2.49. The predicted molar refractivity (Wildman–Crippen MR) is 358 cm³/mol. The van der Waals surface area contributed by atoms with Crippen LogP contribution in [0.5, 0.6) is 0 Å². The number of fused-ring (bicyclic) bond motifs is 10. The largest absolute Gasteiger partial charge is 0.310 e. The zero-order valence-corrected chi connectivity index (χ0v) is 47.2. The molecule has 0 aliphatic heterocycles. The van der Waals surface area contributed by atoms with E-state index in [9.17, 15) is 0 Å². The van der Waals surface area contributed by atoms with Crippen LogP contribution in [0.2, 0.25) is 0 Å². The van der Waals surface area contributed by atoms with Gasteiger partial charge in [0, 0.05) is 33.2 Å². The summed E-state index contributed by atoms with van der Waals surface area (Å²) in [4.78, 5) is 2.49. The first-order chi connectivity index (χ1) is 42.7. The van der Waals surface area contributed by atoms with Gasteiger partial charge < -0.3 is 9.47 Å². The summed E-state index contributed by atoms with van der Waals surface area (Å²) in [7, 11) is 0. The number of nitrogens with zero attached hydrogens (tertiary/aromatic N) is 2. The molecule has 2 aliphatic rings. The molecule has 0 spiro atoms. The minimum atomic E-state index is -0.551. The molecule has 1 heterocycles. The molecule has 402 valence electrons. The predicted octanol–water partition coefficient (Wildman–Crippen LogP) is 21.5. The molecule has 0 amide bonds. The van der Waals surface area contributed by atoms with Crippen molar-refractivity contribution in [3.8, 4) is 50.2 Å². The van der Waals surface area contributed by atoms with Gasteiger partial charge in [-0.15, -0.1) is 0 Å². The molecule has 86 heavy (non-hydrogen) atoms. The Hall–Kier alpha value is -11.1. The molecule has 0 N–H and O–H groups in total. The van der Waals surface area contributed by atoms with Crippen molar-refractivity contribution in [3.05, 3.63) is 384 Å². The molecule has 0 bridgehead atoms. The average molecular weight is 1090 g/mol. The highest BCUT2D eigenvalue weighted by atomic mass is 15.1. The zero-order chi connectivity index (χ0) is 56.8. The normalized spacial score (nSPS) is 13.3. The van der Waals surface area contributed by atoms with Gasteiger partial charge in [0.15, 0.2) is 0 Å². The van der Waals surface area contributed by atoms with E-state index in [0.717, 1.165) is 39.4 Å². The lowest BCUT2D eigenvalue weighted by molar-refractivity contribution is 0.768. The Morgan fingerprint density at radius 3 is 1.36 bits per heavy atom. The quantitative estimate of drug-likeness (QED) is 0.132. The number of para-hydroxylation sites is 1. The first-order valence-corrected chi connectivity index (χ1v) is 29.9. The van der Waals surface area contributed by atoms with Crippen molar-refractivity contribution in [2.45, 2.75) is 10.8 Å². The number of benzene rings is 14. The van der Waals surface area contributed by atoms with E-state index in [-0.39, 0.29) is 0 Å². The van der Waals surface area contributed by atoms with Gasteiger partial charge in [0.2, 0.25) is 0 Å². The van der Waals surface area contributed by atoms with Crippen molar-refractivity contribution in [3.63, 3.8) is 0 Å². The van der Waals surface area contributed by atoms with Gasteiger partial charge in [-0.25, -0.2) is 0 Å². The lowest BCUT2D eigenvalue weighted by atomic mass is 9.67. The molecule has 2 aliphatic carbocycles. The van der Waals surface area contributed by atoms with Gasteiger partial charge in [-0.1, -0.05) is 285 Å². The van der Waals surface area contributed by atoms with Crippen LogP contribution in [0.15, 0.2) is 340 Å². The second-order valence-electron chi connectivity index (χ2n) is 23.0. The molecule has 0 radical (unpaired) electrons. The summed E-state index contributed by atoms with van der Waals surface area (Å²) in [5.74, 6) is 0. The van der Waals surface area contributed by atoms with Crippen LogP contribution in [0.4, 0.5) is 17.1 Å². The van der Waals surface area contributed by atoms with E-state index in [1.54, 1.807) is 0 Å². The van der Waals surface area contributed by atoms with Gasteiger partial charge in [-0.2, -0.15) is 0 Å². The molecule has 15 aromatic rings. The molecule has 0 atom stereocenters. The molecule has 1 aromatic heterocycles. The second kappa shape index (κ2) is 19.8. The molecule has 2 heteroatoms. The van der Waals surface area contributed by atoms with E-state index in [4.69, 9.17) is 0 Å². The number of rotatable bonds is 10. The van der Waals surface area contributed by atoms with Crippen LogP contribution in [0.3, 0.4) is 0 Å². The van der Waals surface area contributed by atoms with Crippen LogP contribution in [-0.2, 0) is 10.8 Å². The molecule has 0 saturated carbocycles. The van der Waals surface area contributed by atoms with Crippen LogP contribution >= 0.6 is 0 Å². The van der Waals surface area contributed by atoms with Crippen molar-refractivity contribution >= 4 is 49.6 Å². The highest BCUT2D eigenvalue weighted by Gasteiger charge is 2.48. The number of anilines is 3. The zero-order valence-electron chi connectivity index (χ0n) is 47.2. The van der Waals surface area contributed by atoms with Gasteiger partial charge in [0.25, 0.3) is 0 Å². The Balaban J connectivity index is 0.828. The van der Waals surface area contributed by atoms with E-state index in [2.05, 4.69) is 349 Å². The van der Waals surface area contributed by atoms with Gasteiger partial charge in [0.05, 0.1) is 27.6 Å². The number of aromatic nitrogens is 1. The van der Waals surface area contributed by atoms with E-state index >= 15 is 0 Å². The molecular formula is C84H56N2. The SMILES string of the molecule is c1ccc(C2(c3ccccc3)c3ccccc3-c3cc(-n4c5ccccc5c5ccc(-c6ccccc6-c6cccc(N(c7ccc8c(c7)C(c7ccccc7)(c7ccccc7)c7ccccc7-8)c7cccc8ccccc78)c6)cc54)ccc32)cc1. The Kier molecular flexibility index (Phi) is 11.4. The lowest BCUT2D eigenvalue weighted by Crippen LogP contribution is -2.28. The Bertz CT molecular complexity index is 5030. The van der Waals surface area contributed by atoms with Gasteiger partial charge in [0.1, 0.15) is 0 Å². The topological polar surface area (TPSA) is 8.17 Å². The molecule has 17 rings (SSSR count). The van der Waals surface area contributed by atoms with E-state index in [1.807, 2.05) is 0 Å². The first kappa shape index (κ1) is 49.5. The summed E-state index contributed by atoms with van der Waals surface area (Å²) >= 11 is 0. The fourth-order valence-corrected chi connectivity index (χ4v) is 15.2. The molecule has 0 saturated heterocycles. The monoisotopic (exact) mass is 1090 g/mol. The minimum absolute atomic E-state index is 0.474. The van der Waals surface area contributed by atoms with E-state index in [1.165, 1.54) is 105 Å².